The van der Waals surface area contributed by atoms with Gasteiger partial charge in [-0.1, -0.05) is 24.6 Å². The van der Waals surface area contributed by atoms with Gasteiger partial charge in [-0.05, 0) is 66.2 Å². The maximum absolute atomic E-state index is 6.55. The number of aromatic nitrogens is 2. The summed E-state index contributed by atoms with van der Waals surface area (Å²) in [6, 6.07) is 4.37. The summed E-state index contributed by atoms with van der Waals surface area (Å²) in [7, 11) is 0. The van der Waals surface area contributed by atoms with Crippen LogP contribution in [0.2, 0.25) is 5.02 Å². The second kappa shape index (κ2) is 4.88. The van der Waals surface area contributed by atoms with E-state index in [0.29, 0.717) is 11.3 Å². The monoisotopic (exact) mass is 300 g/mol. The minimum Gasteiger partial charge on any atom is -0.337 e. The molecule has 3 heteroatoms. The number of hydrogen-bond acceptors (Lipinski definition) is 1. The predicted molar refractivity (Wildman–Crippen MR) is 85.8 cm³/mol. The van der Waals surface area contributed by atoms with Gasteiger partial charge in [-0.2, -0.15) is 0 Å². The Morgan fingerprint density at radius 1 is 1.43 bits per heavy atom. The van der Waals surface area contributed by atoms with Gasteiger partial charge in [0.15, 0.2) is 0 Å². The summed E-state index contributed by atoms with van der Waals surface area (Å²) in [5, 5.41) is 0.970. The molecule has 0 fully saturated rings. The highest BCUT2D eigenvalue weighted by Crippen LogP contribution is 2.49. The van der Waals surface area contributed by atoms with Gasteiger partial charge in [0.25, 0.3) is 0 Å². The summed E-state index contributed by atoms with van der Waals surface area (Å²) < 4.78 is 2.21. The molecule has 110 valence electrons. The Hall–Kier alpha value is -1.28. The maximum Gasteiger partial charge on any atom is 0.0945 e. The van der Waals surface area contributed by atoms with Crippen LogP contribution in [0.1, 0.15) is 42.9 Å². The second-order valence-corrected chi connectivity index (χ2v) is 7.42. The minimum absolute atomic E-state index is 0.317. The van der Waals surface area contributed by atoms with Gasteiger partial charge in [-0.3, -0.25) is 0 Å². The van der Waals surface area contributed by atoms with E-state index in [-0.39, 0.29) is 0 Å². The Balaban J connectivity index is 1.74. The molecular formula is C18H21ClN2. The molecule has 2 nitrogen and oxygen atoms in total. The Morgan fingerprint density at radius 2 is 2.33 bits per heavy atom. The van der Waals surface area contributed by atoms with E-state index < -0.39 is 0 Å². The number of aryl methyl sites for hydroxylation is 1. The molecule has 0 N–H and O–H groups in total. The van der Waals surface area contributed by atoms with Crippen LogP contribution in [-0.2, 0) is 24.8 Å². The normalized spacial score (nSPS) is 27.4. The fourth-order valence-corrected chi connectivity index (χ4v) is 4.88. The molecule has 0 spiro atoms. The molecule has 2 aromatic rings. The Morgan fingerprint density at radius 3 is 3.14 bits per heavy atom. The van der Waals surface area contributed by atoms with Crippen molar-refractivity contribution in [1.82, 2.24) is 9.55 Å². The maximum atomic E-state index is 6.55. The fourth-order valence-electron chi connectivity index (χ4n) is 4.65. The fraction of sp³-hybridized carbons (Fsp3) is 0.500. The van der Waals surface area contributed by atoms with E-state index in [9.17, 15) is 0 Å². The SMILES string of the molecule is C[C@]12CCCc3ccc(Cl)c(c31)C[C@@H](Cn1ccnc1)C2. The van der Waals surface area contributed by atoms with Crippen molar-refractivity contribution < 1.29 is 0 Å². The summed E-state index contributed by atoms with van der Waals surface area (Å²) >= 11 is 6.55. The van der Waals surface area contributed by atoms with Crippen LogP contribution in [-0.4, -0.2) is 9.55 Å². The van der Waals surface area contributed by atoms with E-state index in [1.165, 1.54) is 31.2 Å². The number of halogens is 1. The molecule has 0 radical (unpaired) electrons. The number of rotatable bonds is 2. The van der Waals surface area contributed by atoms with Crippen molar-refractivity contribution in [1.29, 1.82) is 0 Å². The van der Waals surface area contributed by atoms with Crippen molar-refractivity contribution in [2.75, 3.05) is 0 Å². The topological polar surface area (TPSA) is 17.8 Å². The van der Waals surface area contributed by atoms with Crippen molar-refractivity contribution >= 4 is 11.6 Å². The standard InChI is InChI=1S/C18H21ClN2/c1-18-6-2-3-14-4-5-16(19)15(17(14)18)9-13(10-18)11-21-8-7-20-12-21/h4-5,7-8,12-13H,2-3,6,9-11H2,1H3/t13-,18-/m1/s1. The lowest BCUT2D eigenvalue weighted by Gasteiger charge is -2.44. The highest BCUT2D eigenvalue weighted by molar-refractivity contribution is 6.31. The van der Waals surface area contributed by atoms with Crippen LogP contribution in [0.5, 0.6) is 0 Å². The van der Waals surface area contributed by atoms with Crippen LogP contribution in [0, 0.1) is 5.92 Å². The zero-order valence-corrected chi connectivity index (χ0v) is 13.2. The lowest BCUT2D eigenvalue weighted by Crippen LogP contribution is -2.37. The average molecular weight is 301 g/mol. The lowest BCUT2D eigenvalue weighted by molar-refractivity contribution is 0.251. The van der Waals surface area contributed by atoms with Crippen molar-refractivity contribution in [3.05, 3.63) is 52.6 Å². The van der Waals surface area contributed by atoms with Gasteiger partial charge in [-0.15, -0.1) is 0 Å². The van der Waals surface area contributed by atoms with Crippen molar-refractivity contribution in [2.45, 2.75) is 51.0 Å². The van der Waals surface area contributed by atoms with E-state index in [1.54, 1.807) is 11.1 Å². The van der Waals surface area contributed by atoms with Crippen LogP contribution in [0.3, 0.4) is 0 Å². The Kier molecular flexibility index (Phi) is 3.11. The first-order chi connectivity index (χ1) is 10.2. The van der Waals surface area contributed by atoms with Crippen LogP contribution in [0.4, 0.5) is 0 Å². The zero-order chi connectivity index (χ0) is 14.4. The van der Waals surface area contributed by atoms with Gasteiger partial charge < -0.3 is 4.57 Å². The van der Waals surface area contributed by atoms with Crippen LogP contribution in [0.15, 0.2) is 30.9 Å². The third kappa shape index (κ3) is 2.20. The summed E-state index contributed by atoms with van der Waals surface area (Å²) in [5.74, 6) is 0.655. The van der Waals surface area contributed by atoms with Crippen molar-refractivity contribution in [3.8, 4) is 0 Å². The number of nitrogens with zero attached hydrogens (tertiary/aromatic N) is 2. The van der Waals surface area contributed by atoms with Crippen molar-refractivity contribution in [2.24, 2.45) is 5.92 Å². The Bertz CT molecular complexity index is 662. The highest BCUT2D eigenvalue weighted by Gasteiger charge is 2.40. The lowest BCUT2D eigenvalue weighted by atomic mass is 9.61. The first-order valence-corrected chi connectivity index (χ1v) is 8.30. The molecule has 0 unspecified atom stereocenters. The van der Waals surface area contributed by atoms with E-state index >= 15 is 0 Å². The molecule has 0 saturated heterocycles. The zero-order valence-electron chi connectivity index (χ0n) is 12.5. The number of benzene rings is 1. The Labute approximate surface area is 131 Å². The molecule has 0 amide bonds. The smallest absolute Gasteiger partial charge is 0.0945 e. The first-order valence-electron chi connectivity index (χ1n) is 7.92. The molecule has 2 aliphatic rings. The number of hydrogen-bond donors (Lipinski definition) is 0. The van der Waals surface area contributed by atoms with Gasteiger partial charge >= 0.3 is 0 Å². The van der Waals surface area contributed by atoms with Crippen molar-refractivity contribution in [3.63, 3.8) is 0 Å². The van der Waals surface area contributed by atoms with Crippen LogP contribution in [0.25, 0.3) is 0 Å². The largest absolute Gasteiger partial charge is 0.337 e. The van der Waals surface area contributed by atoms with Gasteiger partial charge in [0.2, 0.25) is 0 Å². The van der Waals surface area contributed by atoms with Gasteiger partial charge in [0.1, 0.15) is 0 Å². The molecule has 4 rings (SSSR count). The summed E-state index contributed by atoms with van der Waals surface area (Å²) in [5.41, 5.74) is 4.87. The molecule has 2 atom stereocenters. The summed E-state index contributed by atoms with van der Waals surface area (Å²) in [6.45, 7) is 3.50. The molecule has 21 heavy (non-hydrogen) atoms. The quantitative estimate of drug-likeness (QED) is 0.804. The summed E-state index contributed by atoms with van der Waals surface area (Å²) in [6.07, 6.45) is 12.1. The molecule has 0 saturated carbocycles. The molecular weight excluding hydrogens is 280 g/mol. The predicted octanol–water partition coefficient (Wildman–Crippen LogP) is 4.39. The van der Waals surface area contributed by atoms with Gasteiger partial charge in [0, 0.05) is 24.0 Å². The first kappa shape index (κ1) is 13.4. The molecule has 1 aromatic heterocycles. The van der Waals surface area contributed by atoms with Gasteiger partial charge in [0.05, 0.1) is 6.33 Å². The summed E-state index contributed by atoms with van der Waals surface area (Å²) in [4.78, 5) is 4.17. The van der Waals surface area contributed by atoms with Gasteiger partial charge in [-0.25, -0.2) is 4.98 Å². The molecule has 0 bridgehead atoms. The van der Waals surface area contributed by atoms with E-state index in [4.69, 9.17) is 11.6 Å². The third-order valence-electron chi connectivity index (χ3n) is 5.38. The second-order valence-electron chi connectivity index (χ2n) is 7.01. The minimum atomic E-state index is 0.317. The molecule has 1 aromatic carbocycles. The average Bonchev–Trinajstić information content (AvgIpc) is 2.94. The third-order valence-corrected chi connectivity index (χ3v) is 5.73. The van der Waals surface area contributed by atoms with E-state index in [0.717, 1.165) is 18.0 Å². The molecule has 0 aliphatic heterocycles. The molecule has 1 heterocycles. The van der Waals surface area contributed by atoms with Crippen LogP contribution < -0.4 is 0 Å². The van der Waals surface area contributed by atoms with E-state index in [2.05, 4.69) is 34.8 Å². The number of imidazole rings is 1. The van der Waals surface area contributed by atoms with E-state index in [1.807, 2.05) is 12.5 Å². The van der Waals surface area contributed by atoms with Crippen LogP contribution >= 0.6 is 11.6 Å². The highest BCUT2D eigenvalue weighted by atomic mass is 35.5. The molecule has 2 aliphatic carbocycles.